The summed E-state index contributed by atoms with van der Waals surface area (Å²) in [4.78, 5) is 4.13. The maximum absolute atomic E-state index is 11.7. The number of methoxy groups -OCH3 is 1. The molecule has 8 heteroatoms. The van der Waals surface area contributed by atoms with Crippen molar-refractivity contribution in [3.63, 3.8) is 0 Å². The minimum absolute atomic E-state index is 0.105. The first-order valence-electron chi connectivity index (χ1n) is 10.3. The third kappa shape index (κ3) is 4.25. The second-order valence-corrected chi connectivity index (χ2v) is 9.94. The summed E-state index contributed by atoms with van der Waals surface area (Å²) in [6, 6.07) is 12.6. The number of pyridine rings is 1. The molecule has 1 N–H and O–H groups in total. The normalized spacial score (nSPS) is 29.6. The molecule has 2 atom stereocenters. The van der Waals surface area contributed by atoms with Crippen molar-refractivity contribution >= 4 is 10.1 Å². The van der Waals surface area contributed by atoms with Crippen molar-refractivity contribution in [2.45, 2.75) is 24.0 Å². The van der Waals surface area contributed by atoms with Crippen LogP contribution in [0.3, 0.4) is 0 Å². The van der Waals surface area contributed by atoms with E-state index in [0.29, 0.717) is 43.6 Å². The Morgan fingerprint density at radius 1 is 1.23 bits per heavy atom. The van der Waals surface area contributed by atoms with Gasteiger partial charge in [0.25, 0.3) is 0 Å². The number of fused-ring (bicyclic) bond motifs is 3. The number of hydrogen-bond acceptors (Lipinski definition) is 6. The Morgan fingerprint density at radius 2 is 1.90 bits per heavy atom. The molecule has 0 amide bonds. The SMILES string of the molecule is CO[C@]1(C#C[C@](O)(c2ccccc2)c2cccnc2)C[N+]2(CS(=O)(=O)[O-])CCC1CC2. The average Bonchev–Trinajstić information content (AvgIpc) is 2.78. The van der Waals surface area contributed by atoms with Crippen molar-refractivity contribution in [3.05, 3.63) is 66.0 Å². The van der Waals surface area contributed by atoms with Gasteiger partial charge in [0.2, 0.25) is 0 Å². The molecule has 1 aromatic heterocycles. The number of hydrogen-bond donors (Lipinski definition) is 1. The molecule has 0 radical (unpaired) electrons. The van der Waals surface area contributed by atoms with Crippen LogP contribution in [0.4, 0.5) is 0 Å². The van der Waals surface area contributed by atoms with Gasteiger partial charge in [0.15, 0.2) is 17.1 Å². The average molecular weight is 443 g/mol. The third-order valence-electron chi connectivity index (χ3n) is 6.66. The standard InChI is InChI=1S/C23H26N2O5S/c1-30-22(17-25(18-31(27,28)29)14-9-19(22)10-15-25)11-12-23(26,20-6-3-2-4-7-20)21-8-5-13-24-16-21/h2-8,13,16,19,26H,9-10,14-15,17-18H2,1H3/t19?,22-,23+,25?/m1/s1. The topological polar surface area (TPSA) is 99.6 Å². The molecule has 0 aliphatic carbocycles. The molecule has 164 valence electrons. The first-order chi connectivity index (χ1) is 14.7. The van der Waals surface area contributed by atoms with E-state index in [4.69, 9.17) is 4.74 Å². The van der Waals surface area contributed by atoms with Crippen LogP contribution in [0.25, 0.3) is 0 Å². The van der Waals surface area contributed by atoms with Crippen LogP contribution in [0.1, 0.15) is 24.0 Å². The van der Waals surface area contributed by atoms with Gasteiger partial charge in [-0.1, -0.05) is 48.2 Å². The van der Waals surface area contributed by atoms with Gasteiger partial charge in [0, 0.05) is 49.4 Å². The Morgan fingerprint density at radius 3 is 2.48 bits per heavy atom. The number of aliphatic hydroxyl groups is 1. The van der Waals surface area contributed by atoms with Crippen molar-refractivity contribution in [1.29, 1.82) is 0 Å². The minimum Gasteiger partial charge on any atom is -0.744 e. The lowest BCUT2D eigenvalue weighted by atomic mass is 9.73. The summed E-state index contributed by atoms with van der Waals surface area (Å²) in [7, 11) is -2.84. The van der Waals surface area contributed by atoms with Gasteiger partial charge in [-0.2, -0.15) is 0 Å². The Bertz CT molecular complexity index is 1050. The number of rotatable bonds is 5. The van der Waals surface area contributed by atoms with Gasteiger partial charge in [-0.05, 0) is 6.07 Å². The highest BCUT2D eigenvalue weighted by Crippen LogP contribution is 2.43. The van der Waals surface area contributed by atoms with Crippen LogP contribution in [0.2, 0.25) is 0 Å². The lowest BCUT2D eigenvalue weighted by Crippen LogP contribution is -2.70. The fourth-order valence-corrected chi connectivity index (χ4v) is 6.09. The Labute approximate surface area is 183 Å². The first kappa shape index (κ1) is 21.9. The van der Waals surface area contributed by atoms with Gasteiger partial charge in [-0.3, -0.25) is 4.98 Å². The van der Waals surface area contributed by atoms with Gasteiger partial charge in [0.1, 0.15) is 16.7 Å². The molecule has 3 aliphatic heterocycles. The van der Waals surface area contributed by atoms with E-state index in [1.54, 1.807) is 43.8 Å². The van der Waals surface area contributed by atoms with Crippen molar-refractivity contribution in [1.82, 2.24) is 4.98 Å². The van der Waals surface area contributed by atoms with E-state index in [9.17, 15) is 18.1 Å². The van der Waals surface area contributed by atoms with E-state index in [1.165, 1.54) is 0 Å². The van der Waals surface area contributed by atoms with Crippen molar-refractivity contribution in [3.8, 4) is 11.8 Å². The summed E-state index contributed by atoms with van der Waals surface area (Å²) in [6.45, 7) is 1.54. The smallest absolute Gasteiger partial charge is 0.180 e. The Hall–Kier alpha value is -2.28. The predicted octanol–water partition coefficient (Wildman–Crippen LogP) is 1.45. The lowest BCUT2D eigenvalue weighted by molar-refractivity contribution is -0.939. The highest BCUT2D eigenvalue weighted by atomic mass is 32.2. The zero-order valence-electron chi connectivity index (χ0n) is 17.4. The molecule has 31 heavy (non-hydrogen) atoms. The molecular formula is C23H26N2O5S. The molecule has 4 heterocycles. The van der Waals surface area contributed by atoms with Crippen molar-refractivity contribution in [2.24, 2.45) is 5.92 Å². The highest BCUT2D eigenvalue weighted by molar-refractivity contribution is 7.85. The molecule has 5 rings (SSSR count). The van der Waals surface area contributed by atoms with Gasteiger partial charge in [0.05, 0.1) is 13.1 Å². The molecule has 3 aliphatic rings. The molecule has 7 nitrogen and oxygen atoms in total. The van der Waals surface area contributed by atoms with Crippen molar-refractivity contribution < 1.29 is 27.3 Å². The number of nitrogens with zero attached hydrogens (tertiary/aromatic N) is 2. The summed E-state index contributed by atoms with van der Waals surface area (Å²) in [6.07, 6.45) is 4.64. The molecule has 2 aromatic rings. The van der Waals surface area contributed by atoms with Crippen LogP contribution in [0.15, 0.2) is 54.9 Å². The maximum atomic E-state index is 11.7. The molecule has 0 saturated carbocycles. The van der Waals surface area contributed by atoms with Gasteiger partial charge in [-0.25, -0.2) is 8.42 Å². The van der Waals surface area contributed by atoms with E-state index in [-0.39, 0.29) is 10.4 Å². The minimum atomic E-state index is -4.40. The van der Waals surface area contributed by atoms with E-state index in [0.717, 1.165) is 0 Å². The zero-order chi connectivity index (χ0) is 22.2. The monoisotopic (exact) mass is 442 g/mol. The van der Waals surface area contributed by atoms with Crippen molar-refractivity contribution in [2.75, 3.05) is 32.6 Å². The van der Waals surface area contributed by atoms with E-state index < -0.39 is 27.2 Å². The second kappa shape index (κ2) is 8.01. The molecular weight excluding hydrogens is 416 g/mol. The molecule has 0 spiro atoms. The van der Waals surface area contributed by atoms with Crippen LogP contribution in [0.5, 0.6) is 0 Å². The fourth-order valence-electron chi connectivity index (χ4n) is 5.06. The summed E-state index contributed by atoms with van der Waals surface area (Å²) in [5, 5.41) is 11.7. The molecule has 1 aromatic carbocycles. The van der Waals surface area contributed by atoms with Gasteiger partial charge < -0.3 is 18.9 Å². The van der Waals surface area contributed by atoms with Crippen LogP contribution in [-0.2, 0) is 20.5 Å². The molecule has 0 unspecified atom stereocenters. The van der Waals surface area contributed by atoms with Crippen LogP contribution in [0, 0.1) is 17.8 Å². The van der Waals surface area contributed by atoms with E-state index in [1.807, 2.05) is 18.2 Å². The summed E-state index contributed by atoms with van der Waals surface area (Å²) in [5.74, 6) is 5.90. The van der Waals surface area contributed by atoms with E-state index >= 15 is 0 Å². The molecule has 2 bridgehead atoms. The number of aromatic nitrogens is 1. The first-order valence-corrected chi connectivity index (χ1v) is 11.8. The Balaban J connectivity index is 1.78. The third-order valence-corrected chi connectivity index (χ3v) is 7.52. The van der Waals surface area contributed by atoms with E-state index in [2.05, 4.69) is 16.8 Å². The Kier molecular flexibility index (Phi) is 5.66. The maximum Gasteiger partial charge on any atom is 0.180 e. The van der Waals surface area contributed by atoms with Crippen LogP contribution in [-0.4, -0.2) is 65.8 Å². The lowest BCUT2D eigenvalue weighted by Gasteiger charge is -2.55. The van der Waals surface area contributed by atoms with Gasteiger partial charge >= 0.3 is 0 Å². The van der Waals surface area contributed by atoms with Crippen LogP contribution < -0.4 is 0 Å². The number of benzene rings is 1. The molecule has 3 fully saturated rings. The largest absolute Gasteiger partial charge is 0.744 e. The van der Waals surface area contributed by atoms with Crippen LogP contribution >= 0.6 is 0 Å². The van der Waals surface area contributed by atoms with Gasteiger partial charge in [-0.15, -0.1) is 0 Å². The number of ether oxygens (including phenoxy) is 1. The second-order valence-electron chi connectivity index (χ2n) is 8.57. The molecule has 3 saturated heterocycles. The summed E-state index contributed by atoms with van der Waals surface area (Å²) in [5.41, 5.74) is -1.41. The predicted molar refractivity (Wildman–Crippen MR) is 113 cm³/mol. The summed E-state index contributed by atoms with van der Waals surface area (Å²) >= 11 is 0. The number of quaternary nitrogens is 1. The quantitative estimate of drug-likeness (QED) is 0.427. The highest BCUT2D eigenvalue weighted by Gasteiger charge is 2.56. The fraction of sp³-hybridized carbons (Fsp3) is 0.435. The summed E-state index contributed by atoms with van der Waals surface area (Å²) < 4.78 is 40.8. The zero-order valence-corrected chi connectivity index (χ0v) is 18.2. The number of piperidine rings is 3.